The van der Waals surface area contributed by atoms with E-state index in [1.165, 1.54) is 0 Å². The van der Waals surface area contributed by atoms with Crippen molar-refractivity contribution in [2.45, 2.75) is 10.3 Å². The average Bonchev–Trinajstić information content (AvgIpc) is 2.14. The molecule has 0 fully saturated rings. The van der Waals surface area contributed by atoms with Crippen molar-refractivity contribution < 1.29 is 37.3 Å². The topological polar surface area (TPSA) is 52.6 Å². The second-order valence-corrected chi connectivity index (χ2v) is 3.21. The fraction of sp³-hybridized carbons (Fsp3) is 0.500. The molecule has 0 radical (unpaired) electrons. The van der Waals surface area contributed by atoms with Crippen LogP contribution in [0.3, 0.4) is 0 Å². The monoisotopic (exact) mass is 258 g/mol. The summed E-state index contributed by atoms with van der Waals surface area (Å²) < 4.78 is 43.5. The molecule has 0 bridgehead atoms. The Hall–Kier alpha value is -0.760. The SMILES string of the molecule is O=C(OF)C(F)(F)C(Cl)(Cl)C(=O)OF. The third-order valence-corrected chi connectivity index (χ3v) is 1.83. The molecule has 4 nitrogen and oxygen atoms in total. The first-order chi connectivity index (χ1) is 6.21. The Morgan fingerprint density at radius 2 is 1.36 bits per heavy atom. The van der Waals surface area contributed by atoms with E-state index in [9.17, 15) is 27.4 Å². The maximum absolute atomic E-state index is 12.6. The fourth-order valence-corrected chi connectivity index (χ4v) is 0.566. The summed E-state index contributed by atoms with van der Waals surface area (Å²) in [5, 5.41) is 0. The first-order valence-electron chi connectivity index (χ1n) is 2.63. The molecule has 82 valence electrons. The van der Waals surface area contributed by atoms with Gasteiger partial charge in [0.1, 0.15) is 0 Å². The highest BCUT2D eigenvalue weighted by atomic mass is 35.5. The van der Waals surface area contributed by atoms with E-state index in [0.717, 1.165) is 0 Å². The van der Waals surface area contributed by atoms with Gasteiger partial charge in [-0.1, -0.05) is 23.2 Å². The number of hydrogen-bond donors (Lipinski definition) is 0. The smallest absolute Gasteiger partial charge is 0.251 e. The Bertz CT molecular complexity index is 230. The molecule has 0 heterocycles. The Morgan fingerprint density at radius 3 is 1.64 bits per heavy atom. The van der Waals surface area contributed by atoms with E-state index in [4.69, 9.17) is 0 Å². The summed E-state index contributed by atoms with van der Waals surface area (Å²) >= 11 is 9.17. The highest BCUT2D eigenvalue weighted by molar-refractivity contribution is 6.59. The van der Waals surface area contributed by atoms with Crippen molar-refractivity contribution in [1.29, 1.82) is 0 Å². The van der Waals surface area contributed by atoms with Crippen molar-refractivity contribution in [3.8, 4) is 0 Å². The van der Waals surface area contributed by atoms with E-state index >= 15 is 0 Å². The molecular weight excluding hydrogens is 259 g/mol. The van der Waals surface area contributed by atoms with Crippen molar-refractivity contribution in [3.05, 3.63) is 0 Å². The molecule has 0 aliphatic carbocycles. The van der Waals surface area contributed by atoms with E-state index in [2.05, 4.69) is 33.1 Å². The summed E-state index contributed by atoms with van der Waals surface area (Å²) in [5.41, 5.74) is 0. The number of carbonyl (C=O) groups excluding carboxylic acids is 2. The Labute approximate surface area is 83.5 Å². The molecule has 0 aromatic heterocycles. The standard InChI is InChI=1S/C4Cl2F4O4/c5-3(6,1(11)13-9)4(7,8)2(12)14-10. The number of carbonyl (C=O) groups is 2. The number of hydrogen-bond acceptors (Lipinski definition) is 4. The van der Waals surface area contributed by atoms with Crippen LogP contribution in [0.4, 0.5) is 17.8 Å². The largest absolute Gasteiger partial charge is 0.421 e. The maximum Gasteiger partial charge on any atom is 0.421 e. The van der Waals surface area contributed by atoms with Gasteiger partial charge in [-0.25, -0.2) is 14.5 Å². The molecule has 0 saturated carbocycles. The third-order valence-electron chi connectivity index (χ3n) is 1.05. The van der Waals surface area contributed by atoms with E-state index in [0.29, 0.717) is 0 Å². The number of alkyl halides is 4. The third kappa shape index (κ3) is 2.01. The Kier molecular flexibility index (Phi) is 3.95. The second kappa shape index (κ2) is 4.18. The van der Waals surface area contributed by atoms with Crippen LogP contribution in [-0.2, 0) is 19.5 Å². The van der Waals surface area contributed by atoms with E-state index in [-0.39, 0.29) is 0 Å². The van der Waals surface area contributed by atoms with Gasteiger partial charge in [-0.15, -0.1) is 0 Å². The molecule has 0 saturated heterocycles. The molecule has 0 unspecified atom stereocenters. The normalized spacial score (nSPS) is 12.1. The predicted octanol–water partition coefficient (Wildman–Crippen LogP) is 1.65. The predicted molar refractivity (Wildman–Crippen MR) is 33.8 cm³/mol. The van der Waals surface area contributed by atoms with Crippen molar-refractivity contribution in [3.63, 3.8) is 0 Å². The van der Waals surface area contributed by atoms with E-state index < -0.39 is 22.2 Å². The molecule has 0 aromatic rings. The van der Waals surface area contributed by atoms with Crippen LogP contribution in [0, 0.1) is 0 Å². The molecular formula is C4Cl2F4O4. The summed E-state index contributed by atoms with van der Waals surface area (Å²) in [6.45, 7) is 0. The van der Waals surface area contributed by atoms with Crippen LogP contribution in [0.2, 0.25) is 0 Å². The molecule has 14 heavy (non-hydrogen) atoms. The molecule has 0 aliphatic rings. The highest BCUT2D eigenvalue weighted by Gasteiger charge is 2.66. The van der Waals surface area contributed by atoms with Gasteiger partial charge in [0.15, 0.2) is 0 Å². The van der Waals surface area contributed by atoms with Gasteiger partial charge in [0.05, 0.1) is 0 Å². The summed E-state index contributed by atoms with van der Waals surface area (Å²) in [5.74, 6) is -10.3. The second-order valence-electron chi connectivity index (χ2n) is 1.88. The van der Waals surface area contributed by atoms with Crippen LogP contribution >= 0.6 is 23.2 Å². The van der Waals surface area contributed by atoms with Gasteiger partial charge in [0, 0.05) is 9.05 Å². The lowest BCUT2D eigenvalue weighted by Crippen LogP contribution is -2.51. The molecule has 0 atom stereocenters. The van der Waals surface area contributed by atoms with Gasteiger partial charge in [0.2, 0.25) is 0 Å². The minimum atomic E-state index is -4.99. The van der Waals surface area contributed by atoms with Crippen molar-refractivity contribution in [2.75, 3.05) is 0 Å². The van der Waals surface area contributed by atoms with Gasteiger partial charge in [-0.3, -0.25) is 4.94 Å². The minimum absolute atomic E-state index is 2.11. The van der Waals surface area contributed by atoms with Crippen molar-refractivity contribution in [2.24, 2.45) is 0 Å². The zero-order valence-electron chi connectivity index (χ0n) is 5.90. The van der Waals surface area contributed by atoms with Gasteiger partial charge in [0.25, 0.3) is 4.33 Å². The zero-order valence-corrected chi connectivity index (χ0v) is 7.41. The molecule has 10 heteroatoms. The molecule has 0 spiro atoms. The van der Waals surface area contributed by atoms with Gasteiger partial charge in [-0.2, -0.15) is 8.78 Å². The lowest BCUT2D eigenvalue weighted by atomic mass is 10.2. The van der Waals surface area contributed by atoms with E-state index in [1.807, 2.05) is 0 Å². The molecule has 0 aliphatic heterocycles. The van der Waals surface area contributed by atoms with E-state index in [1.54, 1.807) is 0 Å². The number of halogens is 6. The zero-order chi connectivity index (χ0) is 11.6. The summed E-state index contributed by atoms with van der Waals surface area (Å²) in [7, 11) is 0. The van der Waals surface area contributed by atoms with Crippen LogP contribution in [-0.4, -0.2) is 22.2 Å². The number of rotatable bonds is 3. The summed E-state index contributed by atoms with van der Waals surface area (Å²) in [6, 6.07) is 0. The van der Waals surface area contributed by atoms with Gasteiger partial charge in [-0.05, 0) is 0 Å². The first kappa shape index (κ1) is 13.2. The Balaban J connectivity index is 5.06. The molecule has 0 amide bonds. The minimum Gasteiger partial charge on any atom is -0.251 e. The highest BCUT2D eigenvalue weighted by Crippen LogP contribution is 2.40. The van der Waals surface area contributed by atoms with Gasteiger partial charge < -0.3 is 0 Å². The molecule has 0 aromatic carbocycles. The fourth-order valence-electron chi connectivity index (χ4n) is 0.353. The quantitative estimate of drug-likeness (QED) is 0.571. The Morgan fingerprint density at radius 1 is 1.00 bits per heavy atom. The first-order valence-corrected chi connectivity index (χ1v) is 3.39. The van der Waals surface area contributed by atoms with Crippen LogP contribution in [0.5, 0.6) is 0 Å². The van der Waals surface area contributed by atoms with Crippen LogP contribution in [0.25, 0.3) is 0 Å². The molecule has 0 N–H and O–H groups in total. The lowest BCUT2D eigenvalue weighted by molar-refractivity contribution is -0.220. The maximum atomic E-state index is 12.6. The van der Waals surface area contributed by atoms with Crippen LogP contribution in [0.15, 0.2) is 0 Å². The van der Waals surface area contributed by atoms with Gasteiger partial charge >= 0.3 is 17.9 Å². The molecule has 0 rings (SSSR count). The van der Waals surface area contributed by atoms with Crippen LogP contribution in [0.1, 0.15) is 0 Å². The van der Waals surface area contributed by atoms with Crippen molar-refractivity contribution in [1.82, 2.24) is 0 Å². The summed E-state index contributed by atoms with van der Waals surface area (Å²) in [4.78, 5) is 24.7. The van der Waals surface area contributed by atoms with Crippen molar-refractivity contribution >= 4 is 35.1 Å². The lowest BCUT2D eigenvalue weighted by Gasteiger charge is -2.21. The average molecular weight is 259 g/mol. The summed E-state index contributed by atoms with van der Waals surface area (Å²) in [6.07, 6.45) is 0. The van der Waals surface area contributed by atoms with Crippen LogP contribution < -0.4 is 0 Å².